The van der Waals surface area contributed by atoms with Crippen LogP contribution in [0.15, 0.2) is 0 Å². The molecule has 0 fully saturated rings. The monoisotopic (exact) mass is 240 g/mol. The zero-order chi connectivity index (χ0) is 13.4. The molecule has 0 atom stereocenters. The van der Waals surface area contributed by atoms with Gasteiger partial charge in [0.05, 0.1) is 23.3 Å². The van der Waals surface area contributed by atoms with Crippen LogP contribution in [0.2, 0.25) is 0 Å². The Morgan fingerprint density at radius 2 is 1.82 bits per heavy atom. The Morgan fingerprint density at radius 1 is 1.29 bits per heavy atom. The highest BCUT2D eigenvalue weighted by molar-refractivity contribution is 5.90. The second-order valence-electron chi connectivity index (χ2n) is 4.70. The minimum atomic E-state index is -1.04. The summed E-state index contributed by atoms with van der Waals surface area (Å²) >= 11 is 0. The molecule has 0 aliphatic heterocycles. The SMILES string of the molecule is Cc1nn(CC(C)(C)C(=O)O)c(C)c1C(=O)O. The Bertz CT molecular complexity index is 474. The van der Waals surface area contributed by atoms with Crippen molar-refractivity contribution >= 4 is 11.9 Å². The van der Waals surface area contributed by atoms with Crippen LogP contribution < -0.4 is 0 Å². The molecule has 0 amide bonds. The third-order valence-electron chi connectivity index (χ3n) is 2.72. The zero-order valence-electron chi connectivity index (χ0n) is 10.3. The van der Waals surface area contributed by atoms with Gasteiger partial charge in [0.25, 0.3) is 0 Å². The highest BCUT2D eigenvalue weighted by atomic mass is 16.4. The summed E-state index contributed by atoms with van der Waals surface area (Å²) in [6.45, 7) is 6.52. The van der Waals surface area contributed by atoms with Gasteiger partial charge in [-0.05, 0) is 27.7 Å². The third-order valence-corrected chi connectivity index (χ3v) is 2.72. The van der Waals surface area contributed by atoms with Gasteiger partial charge in [-0.2, -0.15) is 5.10 Å². The second-order valence-corrected chi connectivity index (χ2v) is 4.70. The van der Waals surface area contributed by atoms with E-state index in [2.05, 4.69) is 5.10 Å². The molecule has 1 aromatic rings. The van der Waals surface area contributed by atoms with Crippen LogP contribution in [0.3, 0.4) is 0 Å². The van der Waals surface area contributed by atoms with Crippen LogP contribution in [0.1, 0.15) is 35.6 Å². The van der Waals surface area contributed by atoms with Crippen molar-refractivity contribution in [3.63, 3.8) is 0 Å². The Balaban J connectivity index is 3.14. The highest BCUT2D eigenvalue weighted by Gasteiger charge is 2.30. The average Bonchev–Trinajstić information content (AvgIpc) is 2.40. The molecule has 0 aliphatic rings. The summed E-state index contributed by atoms with van der Waals surface area (Å²) in [5.74, 6) is -1.98. The topological polar surface area (TPSA) is 92.4 Å². The van der Waals surface area contributed by atoms with E-state index < -0.39 is 17.4 Å². The van der Waals surface area contributed by atoms with Crippen molar-refractivity contribution in [3.05, 3.63) is 17.0 Å². The van der Waals surface area contributed by atoms with Gasteiger partial charge in [0.2, 0.25) is 0 Å². The van der Waals surface area contributed by atoms with E-state index in [-0.39, 0.29) is 12.1 Å². The first-order valence-electron chi connectivity index (χ1n) is 5.17. The number of hydrogen-bond acceptors (Lipinski definition) is 3. The Morgan fingerprint density at radius 3 is 2.18 bits per heavy atom. The molecule has 17 heavy (non-hydrogen) atoms. The fourth-order valence-electron chi connectivity index (χ4n) is 1.60. The lowest BCUT2D eigenvalue weighted by Crippen LogP contribution is -2.30. The van der Waals surface area contributed by atoms with Crippen LogP contribution in [0.25, 0.3) is 0 Å². The molecule has 1 rings (SSSR count). The van der Waals surface area contributed by atoms with Crippen molar-refractivity contribution in [2.45, 2.75) is 34.2 Å². The van der Waals surface area contributed by atoms with E-state index in [9.17, 15) is 9.59 Å². The first-order valence-corrected chi connectivity index (χ1v) is 5.17. The maximum absolute atomic E-state index is 11.0. The van der Waals surface area contributed by atoms with Gasteiger partial charge < -0.3 is 10.2 Å². The number of aromatic nitrogens is 2. The van der Waals surface area contributed by atoms with Gasteiger partial charge in [-0.25, -0.2) is 4.79 Å². The van der Waals surface area contributed by atoms with Crippen LogP contribution in [0, 0.1) is 19.3 Å². The molecule has 6 nitrogen and oxygen atoms in total. The van der Waals surface area contributed by atoms with E-state index in [4.69, 9.17) is 10.2 Å². The smallest absolute Gasteiger partial charge is 0.339 e. The standard InChI is InChI=1S/C11H16N2O4/c1-6-8(9(14)15)7(2)13(12-6)5-11(3,4)10(16)17/h5H2,1-4H3,(H,14,15)(H,16,17). The molecule has 0 unspecified atom stereocenters. The number of aliphatic carboxylic acids is 1. The minimum Gasteiger partial charge on any atom is -0.481 e. The normalized spacial score (nSPS) is 11.5. The number of carbonyl (C=O) groups is 2. The number of carboxylic acid groups (broad SMARTS) is 2. The lowest BCUT2D eigenvalue weighted by Gasteiger charge is -2.19. The molecule has 0 bridgehead atoms. The first kappa shape index (κ1) is 13.2. The summed E-state index contributed by atoms with van der Waals surface area (Å²) in [6, 6.07) is 0. The molecular weight excluding hydrogens is 224 g/mol. The minimum absolute atomic E-state index is 0.141. The summed E-state index contributed by atoms with van der Waals surface area (Å²) in [7, 11) is 0. The fourth-order valence-corrected chi connectivity index (χ4v) is 1.60. The quantitative estimate of drug-likeness (QED) is 0.827. The Kier molecular flexibility index (Phi) is 3.26. The van der Waals surface area contributed by atoms with Crippen molar-refractivity contribution in [1.82, 2.24) is 9.78 Å². The molecule has 6 heteroatoms. The molecule has 1 aromatic heterocycles. The van der Waals surface area contributed by atoms with Crippen LogP contribution >= 0.6 is 0 Å². The Labute approximate surface area is 98.9 Å². The summed E-state index contributed by atoms with van der Waals surface area (Å²) in [5, 5.41) is 22.1. The van der Waals surface area contributed by atoms with Gasteiger partial charge in [-0.3, -0.25) is 9.48 Å². The summed E-state index contributed by atoms with van der Waals surface area (Å²) in [4.78, 5) is 22.0. The Hall–Kier alpha value is -1.85. The highest BCUT2D eigenvalue weighted by Crippen LogP contribution is 2.21. The molecule has 0 saturated carbocycles. The van der Waals surface area contributed by atoms with E-state index >= 15 is 0 Å². The van der Waals surface area contributed by atoms with E-state index in [0.29, 0.717) is 11.4 Å². The van der Waals surface area contributed by atoms with Gasteiger partial charge >= 0.3 is 11.9 Å². The van der Waals surface area contributed by atoms with Crippen molar-refractivity contribution < 1.29 is 19.8 Å². The summed E-state index contributed by atoms with van der Waals surface area (Å²) < 4.78 is 1.44. The number of nitrogens with zero attached hydrogens (tertiary/aromatic N) is 2. The van der Waals surface area contributed by atoms with Gasteiger partial charge in [0.15, 0.2) is 0 Å². The maximum atomic E-state index is 11.0. The van der Waals surface area contributed by atoms with Gasteiger partial charge in [0.1, 0.15) is 5.56 Å². The predicted octanol–water partition coefficient (Wildman–Crippen LogP) is 1.31. The van der Waals surface area contributed by atoms with Crippen molar-refractivity contribution in [1.29, 1.82) is 0 Å². The predicted molar refractivity (Wildman–Crippen MR) is 60.1 cm³/mol. The van der Waals surface area contributed by atoms with E-state index in [1.807, 2.05) is 0 Å². The van der Waals surface area contributed by atoms with E-state index in [1.165, 1.54) is 4.68 Å². The number of hydrogen-bond donors (Lipinski definition) is 2. The molecule has 0 aromatic carbocycles. The molecule has 0 saturated heterocycles. The lowest BCUT2D eigenvalue weighted by molar-refractivity contribution is -0.147. The number of aromatic carboxylic acids is 1. The van der Waals surface area contributed by atoms with E-state index in [0.717, 1.165) is 0 Å². The summed E-state index contributed by atoms with van der Waals surface area (Å²) in [6.07, 6.45) is 0. The lowest BCUT2D eigenvalue weighted by atomic mass is 9.94. The van der Waals surface area contributed by atoms with Crippen LogP contribution in [-0.4, -0.2) is 31.9 Å². The van der Waals surface area contributed by atoms with Gasteiger partial charge in [-0.15, -0.1) is 0 Å². The van der Waals surface area contributed by atoms with Crippen LogP contribution in [-0.2, 0) is 11.3 Å². The molecule has 0 radical (unpaired) electrons. The third kappa shape index (κ3) is 2.46. The average molecular weight is 240 g/mol. The van der Waals surface area contributed by atoms with Gasteiger partial charge in [0, 0.05) is 0 Å². The molecule has 0 aliphatic carbocycles. The molecule has 1 heterocycles. The number of carboxylic acids is 2. The van der Waals surface area contributed by atoms with E-state index in [1.54, 1.807) is 27.7 Å². The summed E-state index contributed by atoms with van der Waals surface area (Å²) in [5.41, 5.74) is 0.0330. The zero-order valence-corrected chi connectivity index (χ0v) is 10.3. The van der Waals surface area contributed by atoms with Crippen LogP contribution in [0.5, 0.6) is 0 Å². The maximum Gasteiger partial charge on any atom is 0.339 e. The molecule has 94 valence electrons. The number of rotatable bonds is 4. The second kappa shape index (κ2) is 4.20. The fraction of sp³-hybridized carbons (Fsp3) is 0.545. The first-order chi connectivity index (χ1) is 7.66. The van der Waals surface area contributed by atoms with Crippen molar-refractivity contribution in [3.8, 4) is 0 Å². The molecular formula is C11H16N2O4. The molecule has 0 spiro atoms. The van der Waals surface area contributed by atoms with Gasteiger partial charge in [-0.1, -0.05) is 0 Å². The van der Waals surface area contributed by atoms with Crippen molar-refractivity contribution in [2.75, 3.05) is 0 Å². The van der Waals surface area contributed by atoms with Crippen molar-refractivity contribution in [2.24, 2.45) is 5.41 Å². The largest absolute Gasteiger partial charge is 0.481 e. The number of aryl methyl sites for hydroxylation is 1. The van der Waals surface area contributed by atoms with Crippen LogP contribution in [0.4, 0.5) is 0 Å². The molecule has 2 N–H and O–H groups in total.